The Kier molecular flexibility index (Phi) is 23.4. The van der Waals surface area contributed by atoms with Gasteiger partial charge in [0.2, 0.25) is 5.69 Å². The van der Waals surface area contributed by atoms with Crippen LogP contribution in [0.4, 0.5) is 11.4 Å². The maximum Gasteiger partial charge on any atom is 0.491 e. The molecule has 5 aliphatic heterocycles. The highest BCUT2D eigenvalue weighted by molar-refractivity contribution is 8.00. The minimum absolute atomic E-state index is 0.132. The Hall–Kier alpha value is -8.52. The predicted octanol–water partition coefficient (Wildman–Crippen LogP) is 15.6. The molecule has 5 heterocycles. The first kappa shape index (κ1) is 67.9. The van der Waals surface area contributed by atoms with Crippen molar-refractivity contribution in [3.8, 4) is 18.2 Å². The first-order chi connectivity index (χ1) is 46.4. The molecule has 95 heavy (non-hydrogen) atoms. The SMILES string of the molecule is CB1OCc2cc(Sc3ccccc3C#N)ccc21.CB1OCc2ccc(Sc3ccccc3C#N)cc21.CB1OCc2cccc(Sc3ccccc3C#N)c21.[C-]#[N+]c1cccc(Sc2cccc3c2B(C)OC3)c1.[C-]#[N+]c1ccccc1Sc1cccc2c1COB2O. The van der Waals surface area contributed by atoms with Gasteiger partial charge in [0.1, 0.15) is 18.2 Å². The molecule has 0 saturated heterocycles. The molecular formula is C74H58B5N5O6S5. The van der Waals surface area contributed by atoms with Crippen molar-refractivity contribution in [3.63, 3.8) is 0 Å². The van der Waals surface area contributed by atoms with E-state index in [-0.39, 0.29) is 27.7 Å². The van der Waals surface area contributed by atoms with Gasteiger partial charge in [-0.25, -0.2) is 9.69 Å². The van der Waals surface area contributed by atoms with Gasteiger partial charge < -0.3 is 28.3 Å². The van der Waals surface area contributed by atoms with Crippen LogP contribution in [0.15, 0.2) is 261 Å². The minimum atomic E-state index is -0.827. The van der Waals surface area contributed by atoms with Crippen LogP contribution in [0.3, 0.4) is 0 Å². The Morgan fingerprint density at radius 2 is 0.821 bits per heavy atom. The van der Waals surface area contributed by atoms with E-state index in [0.29, 0.717) is 44.4 Å². The van der Waals surface area contributed by atoms with E-state index in [4.69, 9.17) is 52.2 Å². The van der Waals surface area contributed by atoms with E-state index in [1.807, 2.05) is 140 Å². The highest BCUT2D eigenvalue weighted by atomic mass is 32.2. The zero-order valence-electron chi connectivity index (χ0n) is 52.4. The second kappa shape index (κ2) is 32.8. The number of nitriles is 3. The van der Waals surface area contributed by atoms with Crippen LogP contribution in [-0.4, -0.2) is 39.8 Å². The van der Waals surface area contributed by atoms with Gasteiger partial charge in [-0.2, -0.15) is 15.8 Å². The van der Waals surface area contributed by atoms with Gasteiger partial charge in [0, 0.05) is 49.0 Å². The van der Waals surface area contributed by atoms with Crippen LogP contribution in [0.1, 0.15) is 44.5 Å². The maximum absolute atomic E-state index is 9.69. The van der Waals surface area contributed by atoms with Crippen molar-refractivity contribution in [3.05, 3.63) is 280 Å². The van der Waals surface area contributed by atoms with E-state index < -0.39 is 7.12 Å². The zero-order valence-corrected chi connectivity index (χ0v) is 56.5. The van der Waals surface area contributed by atoms with Gasteiger partial charge >= 0.3 is 34.8 Å². The summed E-state index contributed by atoms with van der Waals surface area (Å²) in [4.78, 5) is 17.8. The smallest absolute Gasteiger partial charge is 0.427 e. The lowest BCUT2D eigenvalue weighted by Crippen LogP contribution is -2.27. The van der Waals surface area contributed by atoms with Crippen LogP contribution < -0.4 is 27.3 Å². The summed E-state index contributed by atoms with van der Waals surface area (Å²) in [6.45, 7) is 26.4. The summed E-state index contributed by atoms with van der Waals surface area (Å²) >= 11 is 8.15. The summed E-state index contributed by atoms with van der Waals surface area (Å²) in [5, 5.41) is 37.1. The normalized spacial score (nSPS) is 13.2. The van der Waals surface area contributed by atoms with Crippen LogP contribution in [-0.2, 0) is 56.3 Å². The largest absolute Gasteiger partial charge is 0.491 e. The highest BCUT2D eigenvalue weighted by Crippen LogP contribution is 2.39. The van der Waals surface area contributed by atoms with Crippen molar-refractivity contribution in [2.24, 2.45) is 0 Å². The molecule has 0 saturated carbocycles. The number of fused-ring (bicyclic) bond motifs is 5. The molecule has 0 amide bonds. The monoisotopic (exact) mass is 1330 g/mol. The number of benzene rings is 10. The minimum Gasteiger partial charge on any atom is -0.427 e. The molecule has 0 bridgehead atoms. The Morgan fingerprint density at radius 3 is 1.43 bits per heavy atom. The molecule has 0 aliphatic carbocycles. The second-order valence-corrected chi connectivity index (χ2v) is 27.7. The summed E-state index contributed by atoms with van der Waals surface area (Å²) in [7, 11) is -0.827. The van der Waals surface area contributed by atoms with Crippen molar-refractivity contribution in [2.75, 3.05) is 0 Å². The summed E-state index contributed by atoms with van der Waals surface area (Å²) in [5.41, 5.74) is 15.5. The molecule has 0 aromatic heterocycles. The quantitative estimate of drug-likeness (QED) is 0.102. The predicted molar refractivity (Wildman–Crippen MR) is 388 cm³/mol. The molecule has 0 unspecified atom stereocenters. The fourth-order valence-corrected chi connectivity index (χ4v) is 16.4. The number of hydrogen-bond donors (Lipinski definition) is 1. The topological polar surface area (TPSA) is 146 Å². The van der Waals surface area contributed by atoms with Crippen molar-refractivity contribution in [2.45, 2.75) is 109 Å². The van der Waals surface area contributed by atoms with Gasteiger partial charge in [-0.15, -0.1) is 11.8 Å². The lowest BCUT2D eigenvalue weighted by molar-refractivity contribution is 0.274. The molecule has 1 N–H and O–H groups in total. The van der Waals surface area contributed by atoms with Gasteiger partial charge in [-0.1, -0.05) is 208 Å². The zero-order chi connectivity index (χ0) is 66.2. The second-order valence-electron chi connectivity index (χ2n) is 22.2. The maximum atomic E-state index is 9.69. The molecular weight excluding hydrogens is 1270 g/mol. The van der Waals surface area contributed by atoms with E-state index in [1.165, 1.54) is 53.9 Å². The molecule has 11 nitrogen and oxygen atoms in total. The number of nitrogens with zero attached hydrogens (tertiary/aromatic N) is 5. The van der Waals surface area contributed by atoms with Gasteiger partial charge in [0.25, 0.3) is 0 Å². The fraction of sp³-hybridized carbons (Fsp3) is 0.122. The van der Waals surface area contributed by atoms with E-state index >= 15 is 0 Å². The first-order valence-electron chi connectivity index (χ1n) is 30.6. The molecule has 21 heteroatoms. The standard InChI is InChI=1S/4C15H12BNOS.C14H10BNO2S/c1-16-15-11(10-18-16)5-3-8-14(15)19-13-7-4-6-12(9-13)17-2;1-16-15-12(10-18-16)6-4-8-14(15)19-13-7-3-2-5-11(13)9-17;1-16-14-7-6-13(8-12(14)10-18-16)19-15-5-3-2-4-11(15)9-17;1-16-14-8-13(7-6-12(14)10-18-16)19-15-5-3-2-4-11(15)9-17;1-16-12-6-2-3-7-14(12)19-13-8-4-5-11-10(13)9-18-15(11)17/h3-9H,10H2,1H3;3*2-8H,10H2,1H3;2-8,17H,9H2. The van der Waals surface area contributed by atoms with Crippen molar-refractivity contribution in [1.82, 2.24) is 0 Å². The van der Waals surface area contributed by atoms with E-state index in [9.17, 15) is 5.02 Å². The Bertz CT molecular complexity index is 4690. The summed E-state index contributed by atoms with van der Waals surface area (Å²) in [5.74, 6) is 0. The Balaban J connectivity index is 0.000000121. The van der Waals surface area contributed by atoms with E-state index in [0.717, 1.165) is 66.9 Å². The molecule has 0 fully saturated rings. The molecule has 0 atom stereocenters. The van der Waals surface area contributed by atoms with Crippen molar-refractivity contribution >= 4 is 132 Å². The molecule has 5 aliphatic rings. The number of para-hydroxylation sites is 1. The summed E-state index contributed by atoms with van der Waals surface area (Å²) < 4.78 is 27.8. The lowest BCUT2D eigenvalue weighted by atomic mass is 9.64. The van der Waals surface area contributed by atoms with Crippen LogP contribution >= 0.6 is 58.8 Å². The third-order valence-corrected chi connectivity index (χ3v) is 21.6. The average Bonchev–Trinajstić information content (AvgIpc) is 1.82. The third-order valence-electron chi connectivity index (χ3n) is 16.1. The fourth-order valence-electron chi connectivity index (χ4n) is 11.2. The molecule has 10 aromatic rings. The molecule has 0 spiro atoms. The lowest BCUT2D eigenvalue weighted by Gasteiger charge is -2.09. The Morgan fingerprint density at radius 1 is 0.368 bits per heavy atom. The van der Waals surface area contributed by atoms with Crippen LogP contribution in [0, 0.1) is 47.1 Å². The highest BCUT2D eigenvalue weighted by Gasteiger charge is 2.31. The molecule has 10 aromatic carbocycles. The van der Waals surface area contributed by atoms with Crippen LogP contribution in [0.25, 0.3) is 9.69 Å². The van der Waals surface area contributed by atoms with Crippen molar-refractivity contribution in [1.29, 1.82) is 15.8 Å². The van der Waals surface area contributed by atoms with E-state index in [1.54, 1.807) is 58.8 Å². The molecule has 460 valence electrons. The molecule has 0 radical (unpaired) electrons. The van der Waals surface area contributed by atoms with Gasteiger partial charge in [-0.05, 0) is 134 Å². The van der Waals surface area contributed by atoms with Crippen molar-refractivity contribution < 1.29 is 28.3 Å². The number of rotatable bonds is 10. The molecule has 15 rings (SSSR count). The Labute approximate surface area is 579 Å². The van der Waals surface area contributed by atoms with E-state index in [2.05, 4.69) is 128 Å². The number of hydrogen-bond acceptors (Lipinski definition) is 14. The van der Waals surface area contributed by atoms with Crippen LogP contribution in [0.5, 0.6) is 0 Å². The summed E-state index contributed by atoms with van der Waals surface area (Å²) in [6, 6.07) is 76.2. The third kappa shape index (κ3) is 16.8. The van der Waals surface area contributed by atoms with Gasteiger partial charge in [0.15, 0.2) is 5.69 Å². The van der Waals surface area contributed by atoms with Gasteiger partial charge in [-0.3, -0.25) is 0 Å². The first-order valence-corrected chi connectivity index (χ1v) is 34.7. The van der Waals surface area contributed by atoms with Gasteiger partial charge in [0.05, 0.1) is 62.9 Å². The summed E-state index contributed by atoms with van der Waals surface area (Å²) in [6.07, 6.45) is 0. The average molecular weight is 1330 g/mol. The van der Waals surface area contributed by atoms with Crippen LogP contribution in [0.2, 0.25) is 27.3 Å².